The van der Waals surface area contributed by atoms with E-state index in [1.54, 1.807) is 13.8 Å². The Morgan fingerprint density at radius 1 is 1.33 bits per heavy atom. The van der Waals surface area contributed by atoms with E-state index in [9.17, 15) is 9.59 Å². The zero-order valence-corrected chi connectivity index (χ0v) is 12.3. The molecule has 5 nitrogen and oxygen atoms in total. The van der Waals surface area contributed by atoms with Crippen LogP contribution in [0.2, 0.25) is 0 Å². The first-order valence-corrected chi connectivity index (χ1v) is 7.14. The minimum Gasteiger partial charge on any atom is -0.480 e. The van der Waals surface area contributed by atoms with Gasteiger partial charge in [-0.1, -0.05) is 13.8 Å². The molecule has 0 rings (SSSR count). The fourth-order valence-corrected chi connectivity index (χ4v) is 2.27. The minimum atomic E-state index is -1.05. The Morgan fingerprint density at radius 3 is 2.22 bits per heavy atom. The number of rotatable bonds is 8. The van der Waals surface area contributed by atoms with Crippen LogP contribution in [0.4, 0.5) is 0 Å². The highest BCUT2D eigenvalue weighted by atomic mass is 32.2. The molecule has 106 valence electrons. The van der Waals surface area contributed by atoms with E-state index in [1.165, 1.54) is 11.8 Å². The molecule has 1 amide bonds. The highest BCUT2D eigenvalue weighted by Crippen LogP contribution is 2.27. The van der Waals surface area contributed by atoms with Crippen LogP contribution in [-0.4, -0.2) is 39.6 Å². The van der Waals surface area contributed by atoms with Crippen LogP contribution in [0.25, 0.3) is 0 Å². The largest absolute Gasteiger partial charge is 0.480 e. The highest BCUT2D eigenvalue weighted by Gasteiger charge is 2.33. The summed E-state index contributed by atoms with van der Waals surface area (Å²) in [4.78, 5) is 22.5. The molecule has 0 aromatic carbocycles. The van der Waals surface area contributed by atoms with Crippen LogP contribution in [-0.2, 0) is 9.59 Å². The van der Waals surface area contributed by atoms with E-state index in [4.69, 9.17) is 10.8 Å². The van der Waals surface area contributed by atoms with Gasteiger partial charge in [0.15, 0.2) is 0 Å². The zero-order valence-electron chi connectivity index (χ0n) is 11.5. The number of carboxylic acid groups (broad SMARTS) is 1. The first-order chi connectivity index (χ1) is 8.24. The van der Waals surface area contributed by atoms with Crippen LogP contribution in [0, 0.1) is 0 Å². The van der Waals surface area contributed by atoms with Crippen LogP contribution < -0.4 is 11.1 Å². The predicted octanol–water partition coefficient (Wildman–Crippen LogP) is 1.21. The lowest BCUT2D eigenvalue weighted by Crippen LogP contribution is -2.47. The summed E-state index contributed by atoms with van der Waals surface area (Å²) in [5.41, 5.74) is 5.58. The Kier molecular flexibility index (Phi) is 7.32. The lowest BCUT2D eigenvalue weighted by atomic mass is 10.1. The molecule has 0 aromatic heterocycles. The van der Waals surface area contributed by atoms with Crippen molar-refractivity contribution in [1.82, 2.24) is 5.32 Å². The first-order valence-electron chi connectivity index (χ1n) is 6.16. The Balaban J connectivity index is 4.23. The van der Waals surface area contributed by atoms with Crippen molar-refractivity contribution in [3.8, 4) is 0 Å². The first kappa shape index (κ1) is 17.2. The number of carbonyl (C=O) groups is 2. The Bertz CT molecular complexity index is 291. The van der Waals surface area contributed by atoms with Crippen LogP contribution >= 0.6 is 11.8 Å². The van der Waals surface area contributed by atoms with Gasteiger partial charge in [-0.3, -0.25) is 9.59 Å². The van der Waals surface area contributed by atoms with Gasteiger partial charge in [-0.2, -0.15) is 0 Å². The summed E-state index contributed by atoms with van der Waals surface area (Å²) in [7, 11) is 0. The normalized spacial score (nSPS) is 13.4. The van der Waals surface area contributed by atoms with Gasteiger partial charge in [-0.15, -0.1) is 11.8 Å². The third kappa shape index (κ3) is 5.73. The summed E-state index contributed by atoms with van der Waals surface area (Å²) in [5, 5.41) is 11.8. The number of carboxylic acids is 1. The lowest BCUT2D eigenvalue weighted by molar-refractivity contribution is -0.139. The zero-order chi connectivity index (χ0) is 14.3. The van der Waals surface area contributed by atoms with Gasteiger partial charge in [0.2, 0.25) is 5.91 Å². The van der Waals surface area contributed by atoms with E-state index in [0.717, 1.165) is 12.8 Å². The Labute approximate surface area is 113 Å². The molecule has 6 heteroatoms. The standard InChI is InChI=1S/C12H24N2O3S/c1-5-8(6-2)14-9(15)7-18-12(3,4)10(13)11(16)17/h8,10H,5-7,13H2,1-4H3,(H,14,15)(H,16,17)/t10-/m0/s1. The van der Waals surface area contributed by atoms with Crippen molar-refractivity contribution in [2.75, 3.05) is 5.75 Å². The molecular weight excluding hydrogens is 252 g/mol. The van der Waals surface area contributed by atoms with Crippen molar-refractivity contribution in [3.05, 3.63) is 0 Å². The highest BCUT2D eigenvalue weighted by molar-refractivity contribution is 8.01. The molecular formula is C12H24N2O3S. The van der Waals surface area contributed by atoms with E-state index in [2.05, 4.69) is 5.32 Å². The molecule has 0 heterocycles. The van der Waals surface area contributed by atoms with Gasteiger partial charge in [0.05, 0.1) is 5.75 Å². The van der Waals surface area contributed by atoms with Crippen molar-refractivity contribution in [2.45, 2.75) is 57.4 Å². The molecule has 0 saturated carbocycles. The second kappa shape index (κ2) is 7.63. The summed E-state index contributed by atoms with van der Waals surface area (Å²) in [6.07, 6.45) is 1.79. The fraction of sp³-hybridized carbons (Fsp3) is 0.833. The quantitative estimate of drug-likeness (QED) is 0.620. The number of aliphatic carboxylic acids is 1. The van der Waals surface area contributed by atoms with Crippen molar-refractivity contribution >= 4 is 23.6 Å². The van der Waals surface area contributed by atoms with E-state index >= 15 is 0 Å². The van der Waals surface area contributed by atoms with Gasteiger partial charge in [0.1, 0.15) is 6.04 Å². The molecule has 0 unspecified atom stereocenters. The molecule has 0 fully saturated rings. The summed E-state index contributed by atoms with van der Waals surface area (Å²) < 4.78 is -0.670. The van der Waals surface area contributed by atoms with E-state index in [1.807, 2.05) is 13.8 Å². The van der Waals surface area contributed by atoms with Gasteiger partial charge in [-0.05, 0) is 26.7 Å². The van der Waals surface area contributed by atoms with Crippen LogP contribution in [0.15, 0.2) is 0 Å². The van der Waals surface area contributed by atoms with Crippen LogP contribution in [0.5, 0.6) is 0 Å². The molecule has 0 saturated heterocycles. The topological polar surface area (TPSA) is 92.4 Å². The number of hydrogen-bond acceptors (Lipinski definition) is 4. The van der Waals surface area contributed by atoms with Crippen molar-refractivity contribution in [3.63, 3.8) is 0 Å². The van der Waals surface area contributed by atoms with Gasteiger partial charge in [0, 0.05) is 10.8 Å². The number of amides is 1. The number of hydrogen-bond donors (Lipinski definition) is 3. The molecule has 0 aliphatic rings. The van der Waals surface area contributed by atoms with Crippen molar-refractivity contribution in [1.29, 1.82) is 0 Å². The van der Waals surface area contributed by atoms with Crippen molar-refractivity contribution < 1.29 is 14.7 Å². The summed E-state index contributed by atoms with van der Waals surface area (Å²) >= 11 is 1.27. The van der Waals surface area contributed by atoms with E-state index < -0.39 is 16.8 Å². The summed E-state index contributed by atoms with van der Waals surface area (Å²) in [6.45, 7) is 7.51. The van der Waals surface area contributed by atoms with Gasteiger partial charge < -0.3 is 16.2 Å². The number of thioether (sulfide) groups is 1. The number of carbonyl (C=O) groups excluding carboxylic acids is 1. The van der Waals surface area contributed by atoms with Crippen LogP contribution in [0.3, 0.4) is 0 Å². The SMILES string of the molecule is CCC(CC)NC(=O)CSC(C)(C)[C@@H](N)C(=O)O. The second-order valence-electron chi connectivity index (χ2n) is 4.79. The summed E-state index contributed by atoms with van der Waals surface area (Å²) in [5.74, 6) is -0.892. The average molecular weight is 276 g/mol. The van der Waals surface area contributed by atoms with E-state index in [-0.39, 0.29) is 17.7 Å². The smallest absolute Gasteiger partial charge is 0.321 e. The molecule has 4 N–H and O–H groups in total. The molecule has 0 radical (unpaired) electrons. The number of nitrogens with two attached hydrogens (primary N) is 1. The molecule has 0 spiro atoms. The molecule has 0 bridgehead atoms. The van der Waals surface area contributed by atoms with Crippen LogP contribution in [0.1, 0.15) is 40.5 Å². The maximum absolute atomic E-state index is 11.7. The average Bonchev–Trinajstić information content (AvgIpc) is 2.32. The summed E-state index contributed by atoms with van der Waals surface area (Å²) in [6, 6.07) is -0.794. The van der Waals surface area contributed by atoms with E-state index in [0.29, 0.717) is 0 Å². The second-order valence-corrected chi connectivity index (χ2v) is 6.42. The predicted molar refractivity (Wildman–Crippen MR) is 74.7 cm³/mol. The molecule has 0 aliphatic heterocycles. The molecule has 1 atom stereocenters. The van der Waals surface area contributed by atoms with Crippen molar-refractivity contribution in [2.24, 2.45) is 5.73 Å². The third-order valence-electron chi connectivity index (χ3n) is 2.94. The molecule has 18 heavy (non-hydrogen) atoms. The fourth-order valence-electron chi connectivity index (χ4n) is 1.40. The number of nitrogens with one attached hydrogen (secondary N) is 1. The van der Waals surface area contributed by atoms with Gasteiger partial charge >= 0.3 is 5.97 Å². The third-order valence-corrected chi connectivity index (χ3v) is 4.35. The monoisotopic (exact) mass is 276 g/mol. The maximum atomic E-state index is 11.7. The van der Waals surface area contributed by atoms with Gasteiger partial charge in [-0.25, -0.2) is 0 Å². The van der Waals surface area contributed by atoms with Gasteiger partial charge in [0.25, 0.3) is 0 Å². The Morgan fingerprint density at radius 2 is 1.83 bits per heavy atom. The lowest BCUT2D eigenvalue weighted by Gasteiger charge is -2.28. The minimum absolute atomic E-state index is 0.0700. The Hall–Kier alpha value is -0.750. The molecule has 0 aromatic rings. The molecule has 0 aliphatic carbocycles. The maximum Gasteiger partial charge on any atom is 0.321 e.